The van der Waals surface area contributed by atoms with Crippen molar-refractivity contribution in [2.75, 3.05) is 19.8 Å². The van der Waals surface area contributed by atoms with Crippen molar-refractivity contribution in [2.24, 2.45) is 0 Å². The van der Waals surface area contributed by atoms with Crippen molar-refractivity contribution >= 4 is 6.09 Å². The second-order valence-corrected chi connectivity index (χ2v) is 2.82. The Kier molecular flexibility index (Phi) is 5.16. The third-order valence-electron chi connectivity index (χ3n) is 1.65. The molecular formula is C8H14N4O3. The molecule has 1 amide bonds. The van der Waals surface area contributed by atoms with Gasteiger partial charge in [-0.3, -0.25) is 5.10 Å². The van der Waals surface area contributed by atoms with Gasteiger partial charge in [0.05, 0.1) is 6.61 Å². The molecule has 0 saturated carbocycles. The number of rotatable bonds is 6. The summed E-state index contributed by atoms with van der Waals surface area (Å²) in [5.74, 6) is 0.792. The monoisotopic (exact) mass is 214 g/mol. The summed E-state index contributed by atoms with van der Waals surface area (Å²) in [7, 11) is 0. The Bertz CT molecular complexity index is 275. The van der Waals surface area contributed by atoms with E-state index in [-0.39, 0.29) is 13.2 Å². The summed E-state index contributed by atoms with van der Waals surface area (Å²) in [4.78, 5) is 14.8. The average molecular weight is 214 g/mol. The van der Waals surface area contributed by atoms with E-state index in [2.05, 4.69) is 25.2 Å². The topological polar surface area (TPSA) is 100 Å². The summed E-state index contributed by atoms with van der Waals surface area (Å²) in [5.41, 5.74) is 0. The number of carbonyl (C=O) groups excluding carboxylic acids is 1. The van der Waals surface area contributed by atoms with Crippen molar-refractivity contribution in [2.45, 2.75) is 12.8 Å². The van der Waals surface area contributed by atoms with Crippen LogP contribution in [0.5, 0.6) is 0 Å². The van der Waals surface area contributed by atoms with Gasteiger partial charge in [-0.25, -0.2) is 9.78 Å². The second kappa shape index (κ2) is 6.77. The SMILES string of the molecule is O=C(NCCCc1ncn[nH]1)OCCO. The lowest BCUT2D eigenvalue weighted by Gasteiger charge is -2.04. The molecular weight excluding hydrogens is 200 g/mol. The van der Waals surface area contributed by atoms with E-state index >= 15 is 0 Å². The van der Waals surface area contributed by atoms with Crippen LogP contribution >= 0.6 is 0 Å². The van der Waals surface area contributed by atoms with E-state index in [0.717, 1.165) is 18.7 Å². The van der Waals surface area contributed by atoms with Crippen LogP contribution in [0.25, 0.3) is 0 Å². The lowest BCUT2D eigenvalue weighted by Crippen LogP contribution is -2.26. The van der Waals surface area contributed by atoms with E-state index in [1.54, 1.807) is 0 Å². The Balaban J connectivity index is 1.99. The summed E-state index contributed by atoms with van der Waals surface area (Å²) in [6.07, 6.45) is 2.41. The minimum atomic E-state index is -0.512. The molecule has 0 unspecified atom stereocenters. The van der Waals surface area contributed by atoms with Crippen LogP contribution in [0.4, 0.5) is 4.79 Å². The van der Waals surface area contributed by atoms with Crippen molar-refractivity contribution in [3.8, 4) is 0 Å². The highest BCUT2D eigenvalue weighted by atomic mass is 16.6. The van der Waals surface area contributed by atoms with Crippen molar-refractivity contribution in [1.82, 2.24) is 20.5 Å². The fraction of sp³-hybridized carbons (Fsp3) is 0.625. The molecule has 1 aromatic rings. The first-order valence-electron chi connectivity index (χ1n) is 4.68. The van der Waals surface area contributed by atoms with Gasteiger partial charge in [0, 0.05) is 13.0 Å². The van der Waals surface area contributed by atoms with Crippen LogP contribution in [0.2, 0.25) is 0 Å². The van der Waals surface area contributed by atoms with Crippen LogP contribution in [0.3, 0.4) is 0 Å². The van der Waals surface area contributed by atoms with E-state index in [9.17, 15) is 4.79 Å². The Morgan fingerprint density at radius 3 is 3.20 bits per heavy atom. The van der Waals surface area contributed by atoms with Crippen LogP contribution in [-0.4, -0.2) is 46.1 Å². The van der Waals surface area contributed by atoms with Crippen molar-refractivity contribution in [1.29, 1.82) is 0 Å². The number of aryl methyl sites for hydroxylation is 1. The molecule has 84 valence electrons. The number of aliphatic hydroxyl groups is 1. The van der Waals surface area contributed by atoms with Gasteiger partial charge in [-0.15, -0.1) is 0 Å². The summed E-state index contributed by atoms with van der Waals surface area (Å²) in [5, 5.41) is 17.4. The highest BCUT2D eigenvalue weighted by Gasteiger charge is 2.00. The molecule has 0 aliphatic rings. The average Bonchev–Trinajstić information content (AvgIpc) is 2.74. The molecule has 0 bridgehead atoms. The zero-order chi connectivity index (χ0) is 10.9. The summed E-state index contributed by atoms with van der Waals surface area (Å²) >= 11 is 0. The number of alkyl carbamates (subject to hydrolysis) is 1. The number of nitrogens with zero attached hydrogens (tertiary/aromatic N) is 2. The van der Waals surface area contributed by atoms with E-state index in [1.165, 1.54) is 6.33 Å². The fourth-order valence-corrected chi connectivity index (χ4v) is 0.987. The molecule has 0 aliphatic carbocycles. The van der Waals surface area contributed by atoms with Gasteiger partial charge in [0.2, 0.25) is 0 Å². The number of amides is 1. The Morgan fingerprint density at radius 2 is 2.53 bits per heavy atom. The van der Waals surface area contributed by atoms with E-state index in [4.69, 9.17) is 5.11 Å². The first-order valence-corrected chi connectivity index (χ1v) is 4.68. The highest BCUT2D eigenvalue weighted by molar-refractivity contribution is 5.66. The van der Waals surface area contributed by atoms with Crippen LogP contribution in [0.1, 0.15) is 12.2 Å². The largest absolute Gasteiger partial charge is 0.447 e. The van der Waals surface area contributed by atoms with Crippen LogP contribution in [0, 0.1) is 0 Å². The maximum absolute atomic E-state index is 10.9. The number of hydrogen-bond acceptors (Lipinski definition) is 5. The van der Waals surface area contributed by atoms with Crippen LogP contribution in [0.15, 0.2) is 6.33 Å². The fourth-order valence-electron chi connectivity index (χ4n) is 0.987. The lowest BCUT2D eigenvalue weighted by atomic mass is 10.3. The van der Waals surface area contributed by atoms with E-state index < -0.39 is 6.09 Å². The first kappa shape index (κ1) is 11.4. The van der Waals surface area contributed by atoms with Gasteiger partial charge in [-0.05, 0) is 6.42 Å². The third-order valence-corrected chi connectivity index (χ3v) is 1.65. The summed E-state index contributed by atoms with van der Waals surface area (Å²) in [6, 6.07) is 0. The number of ether oxygens (including phenoxy) is 1. The van der Waals surface area contributed by atoms with Crippen molar-refractivity contribution in [3.05, 3.63) is 12.2 Å². The molecule has 15 heavy (non-hydrogen) atoms. The second-order valence-electron chi connectivity index (χ2n) is 2.82. The quantitative estimate of drug-likeness (QED) is 0.552. The van der Waals surface area contributed by atoms with E-state index in [0.29, 0.717) is 6.54 Å². The highest BCUT2D eigenvalue weighted by Crippen LogP contribution is 1.91. The molecule has 0 atom stereocenters. The number of nitrogens with one attached hydrogen (secondary N) is 2. The number of aliphatic hydroxyl groups excluding tert-OH is 1. The molecule has 0 saturated heterocycles. The van der Waals surface area contributed by atoms with Crippen LogP contribution < -0.4 is 5.32 Å². The van der Waals surface area contributed by atoms with Gasteiger partial charge in [0.25, 0.3) is 0 Å². The molecule has 0 aliphatic heterocycles. The predicted octanol–water partition coefficient (Wildman–Crippen LogP) is -0.544. The molecule has 0 aromatic carbocycles. The first-order chi connectivity index (χ1) is 7.33. The number of H-pyrrole nitrogens is 1. The minimum absolute atomic E-state index is 0.0218. The molecule has 3 N–H and O–H groups in total. The normalized spacial score (nSPS) is 9.93. The number of hydrogen-bond donors (Lipinski definition) is 3. The predicted molar refractivity (Wildman–Crippen MR) is 51.1 cm³/mol. The smallest absolute Gasteiger partial charge is 0.407 e. The molecule has 0 spiro atoms. The Labute approximate surface area is 86.9 Å². The van der Waals surface area contributed by atoms with Gasteiger partial charge in [0.1, 0.15) is 18.8 Å². The maximum atomic E-state index is 10.9. The van der Waals surface area contributed by atoms with E-state index in [1.807, 2.05) is 0 Å². The number of aromatic nitrogens is 3. The van der Waals surface area contributed by atoms with Gasteiger partial charge in [-0.2, -0.15) is 5.10 Å². The number of carbonyl (C=O) groups is 1. The molecule has 7 heteroatoms. The van der Waals surface area contributed by atoms with Gasteiger partial charge in [0.15, 0.2) is 0 Å². The van der Waals surface area contributed by atoms with Gasteiger partial charge < -0.3 is 15.2 Å². The molecule has 1 rings (SSSR count). The Hall–Kier alpha value is -1.63. The van der Waals surface area contributed by atoms with Gasteiger partial charge in [-0.1, -0.05) is 0 Å². The molecule has 1 heterocycles. The maximum Gasteiger partial charge on any atom is 0.407 e. The molecule has 0 fully saturated rings. The zero-order valence-electron chi connectivity index (χ0n) is 8.27. The minimum Gasteiger partial charge on any atom is -0.447 e. The summed E-state index contributed by atoms with van der Waals surface area (Å²) in [6.45, 7) is 0.365. The summed E-state index contributed by atoms with van der Waals surface area (Å²) < 4.78 is 4.59. The molecule has 1 aromatic heterocycles. The van der Waals surface area contributed by atoms with Gasteiger partial charge >= 0.3 is 6.09 Å². The standard InChI is InChI=1S/C8H14N4O3/c13-4-5-15-8(14)9-3-1-2-7-10-6-11-12-7/h6,13H,1-5H2,(H,9,14)(H,10,11,12). The third kappa shape index (κ3) is 4.96. The number of aromatic amines is 1. The zero-order valence-corrected chi connectivity index (χ0v) is 8.27. The van der Waals surface area contributed by atoms with Crippen molar-refractivity contribution < 1.29 is 14.6 Å². The van der Waals surface area contributed by atoms with Crippen LogP contribution in [-0.2, 0) is 11.2 Å². The lowest BCUT2D eigenvalue weighted by molar-refractivity contribution is 0.119. The molecule has 0 radical (unpaired) electrons. The molecule has 7 nitrogen and oxygen atoms in total. The Morgan fingerprint density at radius 1 is 1.67 bits per heavy atom. The van der Waals surface area contributed by atoms with Crippen molar-refractivity contribution in [3.63, 3.8) is 0 Å².